The van der Waals surface area contributed by atoms with Gasteiger partial charge in [-0.05, 0) is 22.6 Å². The minimum absolute atomic E-state index is 0.217. The van der Waals surface area contributed by atoms with Crippen LogP contribution in [0, 0.1) is 15.6 Å². The van der Waals surface area contributed by atoms with Gasteiger partial charge in [0.25, 0.3) is 0 Å². The molecule has 0 aliphatic rings. The third-order valence-corrected chi connectivity index (χ3v) is 1.40. The standard InChI is InChI=1S/C4HF2IN2/c5-3-2(7)1-8-4(6)9-3/h1H. The smallest absolute Gasteiger partial charge is 0.209 e. The Labute approximate surface area is 63.5 Å². The molecule has 1 rings (SSSR count). The average molecular weight is 242 g/mol. The molecule has 0 aromatic carbocycles. The first-order valence-corrected chi connectivity index (χ1v) is 3.11. The molecule has 0 spiro atoms. The van der Waals surface area contributed by atoms with Crippen LogP contribution < -0.4 is 0 Å². The van der Waals surface area contributed by atoms with Gasteiger partial charge < -0.3 is 0 Å². The molecule has 0 aliphatic heterocycles. The van der Waals surface area contributed by atoms with Crippen LogP contribution in [0.2, 0.25) is 0 Å². The summed E-state index contributed by atoms with van der Waals surface area (Å²) >= 11 is 1.67. The predicted octanol–water partition coefficient (Wildman–Crippen LogP) is 1.36. The largest absolute Gasteiger partial charge is 0.311 e. The molecule has 0 unspecified atom stereocenters. The monoisotopic (exact) mass is 242 g/mol. The number of rotatable bonds is 0. The van der Waals surface area contributed by atoms with Gasteiger partial charge in [-0.3, -0.25) is 0 Å². The van der Waals surface area contributed by atoms with Crippen molar-refractivity contribution in [2.24, 2.45) is 0 Å². The predicted molar refractivity (Wildman–Crippen MR) is 34.7 cm³/mol. The molecule has 0 saturated heterocycles. The molecule has 1 heterocycles. The van der Waals surface area contributed by atoms with Crippen molar-refractivity contribution >= 4 is 22.6 Å². The summed E-state index contributed by atoms with van der Waals surface area (Å²) in [6, 6.07) is 0. The molecule has 0 amide bonds. The minimum Gasteiger partial charge on any atom is -0.209 e. The van der Waals surface area contributed by atoms with E-state index in [1.165, 1.54) is 0 Å². The number of nitrogens with zero attached hydrogens (tertiary/aromatic N) is 2. The van der Waals surface area contributed by atoms with E-state index in [0.29, 0.717) is 0 Å². The fraction of sp³-hybridized carbons (Fsp3) is 0. The topological polar surface area (TPSA) is 25.8 Å². The highest BCUT2D eigenvalue weighted by atomic mass is 127. The molecule has 0 N–H and O–H groups in total. The van der Waals surface area contributed by atoms with Gasteiger partial charge in [0.2, 0.25) is 5.95 Å². The second-order valence-corrected chi connectivity index (χ2v) is 2.44. The normalized spacial score (nSPS) is 9.67. The Hall–Kier alpha value is -0.330. The lowest BCUT2D eigenvalue weighted by molar-refractivity contribution is 0.478. The SMILES string of the molecule is Fc1ncc(I)c(F)n1. The minimum atomic E-state index is -1.03. The first-order valence-electron chi connectivity index (χ1n) is 2.03. The molecule has 0 bridgehead atoms. The molecular formula is C4HF2IN2. The van der Waals surface area contributed by atoms with Gasteiger partial charge in [-0.25, -0.2) is 4.98 Å². The zero-order chi connectivity index (χ0) is 6.85. The molecule has 1 aromatic rings. The van der Waals surface area contributed by atoms with Gasteiger partial charge in [-0.1, -0.05) is 0 Å². The zero-order valence-electron chi connectivity index (χ0n) is 4.11. The van der Waals surface area contributed by atoms with Gasteiger partial charge in [0.15, 0.2) is 0 Å². The van der Waals surface area contributed by atoms with Crippen LogP contribution in [-0.4, -0.2) is 9.97 Å². The van der Waals surface area contributed by atoms with Crippen LogP contribution in [0.3, 0.4) is 0 Å². The van der Waals surface area contributed by atoms with Gasteiger partial charge >= 0.3 is 6.08 Å². The molecule has 9 heavy (non-hydrogen) atoms. The van der Waals surface area contributed by atoms with Crippen LogP contribution in [0.1, 0.15) is 0 Å². The molecule has 1 aromatic heterocycles. The van der Waals surface area contributed by atoms with Crippen molar-refractivity contribution in [2.45, 2.75) is 0 Å². The summed E-state index contributed by atoms with van der Waals surface area (Å²) in [5.41, 5.74) is 0. The van der Waals surface area contributed by atoms with Gasteiger partial charge in [0.1, 0.15) is 0 Å². The van der Waals surface area contributed by atoms with Gasteiger partial charge in [0.05, 0.1) is 3.57 Å². The summed E-state index contributed by atoms with van der Waals surface area (Å²) in [4.78, 5) is 5.94. The Kier molecular flexibility index (Phi) is 1.89. The summed E-state index contributed by atoms with van der Waals surface area (Å²) in [6.45, 7) is 0. The summed E-state index contributed by atoms with van der Waals surface area (Å²) in [5.74, 6) is -0.817. The second-order valence-electron chi connectivity index (χ2n) is 1.28. The Bertz CT molecular complexity index is 228. The third-order valence-electron chi connectivity index (χ3n) is 0.672. The van der Waals surface area contributed by atoms with E-state index < -0.39 is 12.0 Å². The van der Waals surface area contributed by atoms with E-state index in [4.69, 9.17) is 0 Å². The van der Waals surface area contributed by atoms with Crippen molar-refractivity contribution in [1.82, 2.24) is 9.97 Å². The van der Waals surface area contributed by atoms with Gasteiger partial charge in [-0.2, -0.15) is 13.8 Å². The van der Waals surface area contributed by atoms with E-state index in [1.807, 2.05) is 0 Å². The quantitative estimate of drug-likeness (QED) is 0.390. The van der Waals surface area contributed by atoms with E-state index in [9.17, 15) is 8.78 Å². The Morgan fingerprint density at radius 1 is 1.44 bits per heavy atom. The molecule has 5 heteroatoms. The van der Waals surface area contributed by atoms with Crippen molar-refractivity contribution in [3.8, 4) is 0 Å². The first-order chi connectivity index (χ1) is 4.20. The Balaban J connectivity index is 3.17. The highest BCUT2D eigenvalue weighted by molar-refractivity contribution is 14.1. The molecular weight excluding hydrogens is 241 g/mol. The molecule has 2 nitrogen and oxygen atoms in total. The summed E-state index contributed by atoms with van der Waals surface area (Å²) < 4.78 is 24.3. The van der Waals surface area contributed by atoms with Crippen LogP contribution in [0.4, 0.5) is 8.78 Å². The number of hydrogen-bond acceptors (Lipinski definition) is 2. The maximum atomic E-state index is 12.2. The second kappa shape index (κ2) is 2.51. The van der Waals surface area contributed by atoms with Crippen LogP contribution >= 0.6 is 22.6 Å². The lowest BCUT2D eigenvalue weighted by Gasteiger charge is -1.88. The number of hydrogen-bond donors (Lipinski definition) is 0. The van der Waals surface area contributed by atoms with E-state index in [2.05, 4.69) is 9.97 Å². The van der Waals surface area contributed by atoms with E-state index >= 15 is 0 Å². The molecule has 0 saturated carbocycles. The fourth-order valence-electron chi connectivity index (χ4n) is 0.326. The highest BCUT2D eigenvalue weighted by Gasteiger charge is 2.00. The van der Waals surface area contributed by atoms with Crippen molar-refractivity contribution < 1.29 is 8.78 Å². The van der Waals surface area contributed by atoms with Crippen LogP contribution in [-0.2, 0) is 0 Å². The number of halogens is 3. The lowest BCUT2D eigenvalue weighted by atomic mass is 10.7. The van der Waals surface area contributed by atoms with Crippen LogP contribution in [0.15, 0.2) is 6.20 Å². The van der Waals surface area contributed by atoms with Crippen molar-refractivity contribution in [3.63, 3.8) is 0 Å². The molecule has 0 atom stereocenters. The van der Waals surface area contributed by atoms with Gasteiger partial charge in [-0.15, -0.1) is 0 Å². The van der Waals surface area contributed by atoms with Crippen molar-refractivity contribution in [3.05, 3.63) is 21.8 Å². The lowest BCUT2D eigenvalue weighted by Crippen LogP contribution is -1.94. The Morgan fingerprint density at radius 3 is 2.56 bits per heavy atom. The van der Waals surface area contributed by atoms with Crippen molar-refractivity contribution in [1.29, 1.82) is 0 Å². The summed E-state index contributed by atoms with van der Waals surface area (Å²) in [5, 5.41) is 0. The Morgan fingerprint density at radius 2 is 2.11 bits per heavy atom. The van der Waals surface area contributed by atoms with Crippen LogP contribution in [0.25, 0.3) is 0 Å². The van der Waals surface area contributed by atoms with Crippen molar-refractivity contribution in [2.75, 3.05) is 0 Å². The molecule has 0 fully saturated rings. The molecule has 0 aliphatic carbocycles. The highest BCUT2D eigenvalue weighted by Crippen LogP contribution is 2.04. The van der Waals surface area contributed by atoms with E-state index in [0.717, 1.165) is 6.20 Å². The number of aromatic nitrogens is 2. The van der Waals surface area contributed by atoms with E-state index in [1.54, 1.807) is 22.6 Å². The van der Waals surface area contributed by atoms with Gasteiger partial charge in [0, 0.05) is 6.20 Å². The van der Waals surface area contributed by atoms with Crippen LogP contribution in [0.5, 0.6) is 0 Å². The van der Waals surface area contributed by atoms with E-state index in [-0.39, 0.29) is 3.57 Å². The summed E-state index contributed by atoms with van der Waals surface area (Å²) in [6.07, 6.45) is 0.0472. The first kappa shape index (κ1) is 6.79. The maximum Gasteiger partial charge on any atom is 0.311 e. The fourth-order valence-corrected chi connectivity index (χ4v) is 0.586. The third kappa shape index (κ3) is 1.54. The molecule has 48 valence electrons. The summed E-state index contributed by atoms with van der Waals surface area (Å²) in [7, 11) is 0. The average Bonchev–Trinajstić information content (AvgIpc) is 1.80. The zero-order valence-corrected chi connectivity index (χ0v) is 6.26. The maximum absolute atomic E-state index is 12.2. The molecule has 0 radical (unpaired) electrons.